The summed E-state index contributed by atoms with van der Waals surface area (Å²) in [6.07, 6.45) is 3.81. The number of anilines is 2. The van der Waals surface area contributed by atoms with Gasteiger partial charge in [-0.05, 0) is 42.9 Å². The minimum atomic E-state index is 0.361. The Morgan fingerprint density at radius 1 is 1.41 bits per heavy atom. The van der Waals surface area contributed by atoms with Crippen LogP contribution in [-0.2, 0) is 0 Å². The van der Waals surface area contributed by atoms with E-state index in [0.717, 1.165) is 11.3 Å². The molecule has 17 heavy (non-hydrogen) atoms. The molecule has 94 valence electrons. The molecular formula is C14H21ClN2. The quantitative estimate of drug-likeness (QED) is 0.774. The van der Waals surface area contributed by atoms with Crippen molar-refractivity contribution >= 4 is 23.0 Å². The highest BCUT2D eigenvalue weighted by Crippen LogP contribution is 2.40. The van der Waals surface area contributed by atoms with Crippen LogP contribution in [0.25, 0.3) is 0 Å². The maximum Gasteiger partial charge on any atom is 0.0656 e. The van der Waals surface area contributed by atoms with E-state index in [1.807, 2.05) is 12.1 Å². The Labute approximate surface area is 109 Å². The average Bonchev–Trinajstić information content (AvgIpc) is 2.55. The standard InChI is InChI=1S/C14H21ClN2/c1-9-7-11(16)10(15)8-12(9)17-13-5-4-6-14(13,2)3/h7-8,13,17H,4-6,16H2,1-3H3. The normalized spacial score (nSPS) is 22.7. The van der Waals surface area contributed by atoms with E-state index in [0.29, 0.717) is 22.2 Å². The van der Waals surface area contributed by atoms with Gasteiger partial charge in [0.2, 0.25) is 0 Å². The first kappa shape index (κ1) is 12.6. The minimum absolute atomic E-state index is 0.361. The molecule has 1 atom stereocenters. The highest BCUT2D eigenvalue weighted by atomic mass is 35.5. The Kier molecular flexibility index (Phi) is 3.26. The monoisotopic (exact) mass is 252 g/mol. The van der Waals surface area contributed by atoms with Crippen LogP contribution >= 0.6 is 11.6 Å². The third-order valence-corrected chi connectivity index (χ3v) is 4.26. The molecule has 0 radical (unpaired) electrons. The van der Waals surface area contributed by atoms with Gasteiger partial charge in [0.05, 0.1) is 10.7 Å². The lowest BCUT2D eigenvalue weighted by molar-refractivity contribution is 0.350. The van der Waals surface area contributed by atoms with Crippen LogP contribution in [0.1, 0.15) is 38.7 Å². The number of aryl methyl sites for hydroxylation is 1. The van der Waals surface area contributed by atoms with E-state index in [1.54, 1.807) is 0 Å². The fraction of sp³-hybridized carbons (Fsp3) is 0.571. The van der Waals surface area contributed by atoms with Crippen LogP contribution < -0.4 is 11.1 Å². The molecule has 0 heterocycles. The summed E-state index contributed by atoms with van der Waals surface area (Å²) in [6.45, 7) is 6.72. The lowest BCUT2D eigenvalue weighted by Crippen LogP contribution is -2.31. The van der Waals surface area contributed by atoms with Gasteiger partial charge in [0, 0.05) is 11.7 Å². The summed E-state index contributed by atoms with van der Waals surface area (Å²) in [5.74, 6) is 0. The van der Waals surface area contributed by atoms with Gasteiger partial charge >= 0.3 is 0 Å². The van der Waals surface area contributed by atoms with Gasteiger partial charge in [-0.3, -0.25) is 0 Å². The first-order valence-corrected chi connectivity index (χ1v) is 6.60. The Bertz CT molecular complexity index is 426. The zero-order chi connectivity index (χ0) is 12.6. The van der Waals surface area contributed by atoms with Gasteiger partial charge in [-0.2, -0.15) is 0 Å². The second-order valence-electron chi connectivity index (χ2n) is 5.77. The van der Waals surface area contributed by atoms with Crippen molar-refractivity contribution in [2.24, 2.45) is 5.41 Å². The first-order chi connectivity index (χ1) is 7.90. The largest absolute Gasteiger partial charge is 0.398 e. The summed E-state index contributed by atoms with van der Waals surface area (Å²) in [7, 11) is 0. The molecule has 1 unspecified atom stereocenters. The highest BCUT2D eigenvalue weighted by molar-refractivity contribution is 6.33. The van der Waals surface area contributed by atoms with Crippen molar-refractivity contribution in [3.05, 3.63) is 22.7 Å². The molecule has 1 aromatic rings. The van der Waals surface area contributed by atoms with Crippen LogP contribution in [0.2, 0.25) is 5.02 Å². The van der Waals surface area contributed by atoms with Gasteiger partial charge < -0.3 is 11.1 Å². The third-order valence-electron chi connectivity index (χ3n) is 3.93. The van der Waals surface area contributed by atoms with Crippen molar-refractivity contribution in [3.63, 3.8) is 0 Å². The molecule has 0 amide bonds. The predicted molar refractivity (Wildman–Crippen MR) is 75.6 cm³/mol. The lowest BCUT2D eigenvalue weighted by Gasteiger charge is -2.29. The lowest BCUT2D eigenvalue weighted by atomic mass is 9.87. The number of nitrogen functional groups attached to an aromatic ring is 1. The maximum atomic E-state index is 6.08. The topological polar surface area (TPSA) is 38.0 Å². The number of hydrogen-bond acceptors (Lipinski definition) is 2. The molecule has 3 N–H and O–H groups in total. The molecule has 1 saturated carbocycles. The van der Waals surface area contributed by atoms with Crippen LogP contribution in [0.3, 0.4) is 0 Å². The second-order valence-corrected chi connectivity index (χ2v) is 6.17. The number of rotatable bonds is 2. The predicted octanol–water partition coefficient (Wildman–Crippen LogP) is 4.22. The van der Waals surface area contributed by atoms with Crippen LogP contribution in [-0.4, -0.2) is 6.04 Å². The summed E-state index contributed by atoms with van der Waals surface area (Å²) in [6, 6.07) is 4.41. The first-order valence-electron chi connectivity index (χ1n) is 6.22. The van der Waals surface area contributed by atoms with Crippen LogP contribution in [0.15, 0.2) is 12.1 Å². The summed E-state index contributed by atoms with van der Waals surface area (Å²) in [4.78, 5) is 0. The third kappa shape index (κ3) is 2.52. The van der Waals surface area contributed by atoms with Gasteiger partial charge in [0.25, 0.3) is 0 Å². The van der Waals surface area contributed by atoms with Gasteiger partial charge in [-0.1, -0.05) is 31.9 Å². The molecule has 0 saturated heterocycles. The molecule has 0 spiro atoms. The van der Waals surface area contributed by atoms with Crippen molar-refractivity contribution in [2.75, 3.05) is 11.1 Å². The van der Waals surface area contributed by atoms with E-state index in [4.69, 9.17) is 17.3 Å². The SMILES string of the molecule is Cc1cc(N)c(Cl)cc1NC1CCCC1(C)C. The molecule has 1 aliphatic carbocycles. The molecule has 3 heteroatoms. The molecule has 2 nitrogen and oxygen atoms in total. The van der Waals surface area contributed by atoms with E-state index in [1.165, 1.54) is 19.3 Å². The molecule has 2 rings (SSSR count). The van der Waals surface area contributed by atoms with Crippen molar-refractivity contribution < 1.29 is 0 Å². The fourth-order valence-corrected chi connectivity index (χ4v) is 2.81. The maximum absolute atomic E-state index is 6.08. The zero-order valence-electron chi connectivity index (χ0n) is 10.8. The van der Waals surface area contributed by atoms with Gasteiger partial charge in [-0.25, -0.2) is 0 Å². The van der Waals surface area contributed by atoms with E-state index in [-0.39, 0.29) is 0 Å². The van der Waals surface area contributed by atoms with E-state index in [9.17, 15) is 0 Å². The van der Waals surface area contributed by atoms with Crippen molar-refractivity contribution in [2.45, 2.75) is 46.1 Å². The molecule has 1 aromatic carbocycles. The smallest absolute Gasteiger partial charge is 0.0656 e. The Morgan fingerprint density at radius 3 is 2.71 bits per heavy atom. The number of nitrogens with two attached hydrogens (primary N) is 1. The van der Waals surface area contributed by atoms with Crippen molar-refractivity contribution in [3.8, 4) is 0 Å². The Hall–Kier alpha value is -0.890. The molecule has 0 aromatic heterocycles. The summed E-state index contributed by atoms with van der Waals surface area (Å²) in [5, 5.41) is 4.26. The summed E-state index contributed by atoms with van der Waals surface area (Å²) >= 11 is 6.08. The summed E-state index contributed by atoms with van der Waals surface area (Å²) < 4.78 is 0. The van der Waals surface area contributed by atoms with Gasteiger partial charge in [0.1, 0.15) is 0 Å². The van der Waals surface area contributed by atoms with E-state index >= 15 is 0 Å². The zero-order valence-corrected chi connectivity index (χ0v) is 11.6. The molecule has 0 aliphatic heterocycles. The molecule has 1 fully saturated rings. The second kappa shape index (κ2) is 4.41. The Morgan fingerprint density at radius 2 is 2.12 bits per heavy atom. The number of nitrogens with one attached hydrogen (secondary N) is 1. The number of halogens is 1. The highest BCUT2D eigenvalue weighted by Gasteiger charge is 2.34. The van der Waals surface area contributed by atoms with Crippen LogP contribution in [0.5, 0.6) is 0 Å². The van der Waals surface area contributed by atoms with E-state index in [2.05, 4.69) is 26.1 Å². The average molecular weight is 253 g/mol. The minimum Gasteiger partial charge on any atom is -0.398 e. The fourth-order valence-electron chi connectivity index (χ4n) is 2.64. The number of hydrogen-bond donors (Lipinski definition) is 2. The van der Waals surface area contributed by atoms with E-state index < -0.39 is 0 Å². The van der Waals surface area contributed by atoms with Crippen LogP contribution in [0, 0.1) is 12.3 Å². The van der Waals surface area contributed by atoms with Crippen molar-refractivity contribution in [1.82, 2.24) is 0 Å². The number of benzene rings is 1. The summed E-state index contributed by atoms with van der Waals surface area (Å²) in [5.41, 5.74) is 9.08. The molecule has 1 aliphatic rings. The molecule has 0 bridgehead atoms. The van der Waals surface area contributed by atoms with Gasteiger partial charge in [-0.15, -0.1) is 0 Å². The molecular weight excluding hydrogens is 232 g/mol. The Balaban J connectivity index is 2.22. The van der Waals surface area contributed by atoms with Crippen molar-refractivity contribution in [1.29, 1.82) is 0 Å². The van der Waals surface area contributed by atoms with Crippen LogP contribution in [0.4, 0.5) is 11.4 Å². The van der Waals surface area contributed by atoms with Gasteiger partial charge in [0.15, 0.2) is 0 Å².